The molecule has 1 saturated carbocycles. The average Bonchev–Trinajstić information content (AvgIpc) is 2.54. The Labute approximate surface area is 162 Å². The average molecular weight is 413 g/mol. The third-order valence-corrected chi connectivity index (χ3v) is 4.65. The standard InChI is InChI=1S/C18H24F4N2O2.ClH/c1-17(23)8-3-2-7-14(17)15(25)24-13-6-4-5-12(9-13)10-26-11-18(21,22)16(19)20;/h4-6,9,14,16H,2-3,7-8,10-11,23H2,1H3,(H,24,25);1H. The van der Waals surface area contributed by atoms with Crippen molar-refractivity contribution in [3.63, 3.8) is 0 Å². The van der Waals surface area contributed by atoms with Crippen LogP contribution in [0.4, 0.5) is 23.2 Å². The van der Waals surface area contributed by atoms with Crippen molar-refractivity contribution in [1.82, 2.24) is 0 Å². The quantitative estimate of drug-likeness (QED) is 0.653. The van der Waals surface area contributed by atoms with Crippen molar-refractivity contribution in [2.45, 2.75) is 57.1 Å². The molecule has 0 aliphatic heterocycles. The fraction of sp³-hybridized carbons (Fsp3) is 0.611. The van der Waals surface area contributed by atoms with Gasteiger partial charge in [0, 0.05) is 11.2 Å². The van der Waals surface area contributed by atoms with Crippen LogP contribution in [-0.2, 0) is 16.1 Å². The van der Waals surface area contributed by atoms with Gasteiger partial charge in [0.25, 0.3) is 0 Å². The first kappa shape index (κ1) is 23.7. The molecule has 2 atom stereocenters. The van der Waals surface area contributed by atoms with E-state index in [2.05, 4.69) is 5.32 Å². The number of amides is 1. The van der Waals surface area contributed by atoms with Crippen molar-refractivity contribution in [3.05, 3.63) is 29.8 Å². The fourth-order valence-corrected chi connectivity index (χ4v) is 3.13. The molecule has 1 aromatic rings. The molecule has 1 aliphatic carbocycles. The summed E-state index contributed by atoms with van der Waals surface area (Å²) in [5.74, 6) is -4.67. The summed E-state index contributed by atoms with van der Waals surface area (Å²) < 4.78 is 54.6. The minimum atomic E-state index is -4.18. The van der Waals surface area contributed by atoms with Gasteiger partial charge in [0.05, 0.1) is 12.5 Å². The van der Waals surface area contributed by atoms with Gasteiger partial charge in [-0.05, 0) is 37.5 Å². The number of alkyl halides is 4. The van der Waals surface area contributed by atoms with Crippen LogP contribution in [0.5, 0.6) is 0 Å². The van der Waals surface area contributed by atoms with Gasteiger partial charge in [-0.15, -0.1) is 12.4 Å². The SMILES string of the molecule is CC1(N)CCCCC1C(=O)Nc1cccc(COCC(F)(F)C(F)F)c1.Cl. The molecule has 2 rings (SSSR count). The van der Waals surface area contributed by atoms with Gasteiger partial charge in [-0.1, -0.05) is 25.0 Å². The minimum Gasteiger partial charge on any atom is -0.370 e. The third kappa shape index (κ3) is 6.62. The van der Waals surface area contributed by atoms with Crippen molar-refractivity contribution >= 4 is 24.0 Å². The highest BCUT2D eigenvalue weighted by molar-refractivity contribution is 5.93. The molecule has 0 saturated heterocycles. The normalized spacial score (nSPS) is 23.0. The molecule has 0 spiro atoms. The number of nitrogens with two attached hydrogens (primary N) is 1. The Morgan fingerprint density at radius 1 is 1.41 bits per heavy atom. The number of rotatable bonds is 7. The van der Waals surface area contributed by atoms with Crippen LogP contribution < -0.4 is 11.1 Å². The zero-order valence-corrected chi connectivity index (χ0v) is 15.8. The molecule has 0 radical (unpaired) electrons. The third-order valence-electron chi connectivity index (χ3n) is 4.65. The number of ether oxygens (including phenoxy) is 1. The highest BCUT2D eigenvalue weighted by atomic mass is 35.5. The molecule has 0 aromatic heterocycles. The minimum absolute atomic E-state index is 0. The maximum absolute atomic E-state index is 12.8. The summed E-state index contributed by atoms with van der Waals surface area (Å²) in [6, 6.07) is 6.45. The molecular formula is C18H25ClF4N2O2. The molecule has 0 bridgehead atoms. The molecule has 0 heterocycles. The molecule has 154 valence electrons. The van der Waals surface area contributed by atoms with E-state index >= 15 is 0 Å². The Morgan fingerprint density at radius 3 is 2.74 bits per heavy atom. The van der Waals surface area contributed by atoms with E-state index < -0.39 is 24.5 Å². The summed E-state index contributed by atoms with van der Waals surface area (Å²) in [5.41, 5.74) is 6.64. The lowest BCUT2D eigenvalue weighted by Crippen LogP contribution is -2.51. The predicted octanol–water partition coefficient (Wildman–Crippen LogP) is 4.37. The number of benzene rings is 1. The highest BCUT2D eigenvalue weighted by Gasteiger charge is 2.41. The smallest absolute Gasteiger partial charge is 0.330 e. The van der Waals surface area contributed by atoms with Gasteiger partial charge >= 0.3 is 12.3 Å². The second-order valence-corrected chi connectivity index (χ2v) is 7.05. The summed E-state index contributed by atoms with van der Waals surface area (Å²) in [5, 5.41) is 2.79. The van der Waals surface area contributed by atoms with Crippen LogP contribution in [0.2, 0.25) is 0 Å². The summed E-state index contributed by atoms with van der Waals surface area (Å²) in [7, 11) is 0. The molecule has 1 fully saturated rings. The van der Waals surface area contributed by atoms with E-state index in [9.17, 15) is 22.4 Å². The van der Waals surface area contributed by atoms with Crippen molar-refractivity contribution in [2.24, 2.45) is 11.7 Å². The first-order valence-corrected chi connectivity index (χ1v) is 8.54. The number of hydrogen-bond acceptors (Lipinski definition) is 3. The Bertz CT molecular complexity index is 629. The van der Waals surface area contributed by atoms with Gasteiger partial charge in [-0.25, -0.2) is 8.78 Å². The predicted molar refractivity (Wildman–Crippen MR) is 97.5 cm³/mol. The molecular weight excluding hydrogens is 388 g/mol. The molecule has 2 unspecified atom stereocenters. The maximum atomic E-state index is 12.8. The van der Waals surface area contributed by atoms with Crippen molar-refractivity contribution in [3.8, 4) is 0 Å². The van der Waals surface area contributed by atoms with E-state index in [1.54, 1.807) is 24.3 Å². The second kappa shape index (κ2) is 9.71. The van der Waals surface area contributed by atoms with Gasteiger partial charge in [0.15, 0.2) is 0 Å². The van der Waals surface area contributed by atoms with E-state index in [1.165, 1.54) is 0 Å². The van der Waals surface area contributed by atoms with Gasteiger partial charge in [-0.3, -0.25) is 4.79 Å². The molecule has 1 amide bonds. The Kier molecular flexibility index (Phi) is 8.50. The van der Waals surface area contributed by atoms with E-state index in [0.717, 1.165) is 19.3 Å². The fourth-order valence-electron chi connectivity index (χ4n) is 3.13. The van der Waals surface area contributed by atoms with Crippen LogP contribution in [0, 0.1) is 5.92 Å². The first-order chi connectivity index (χ1) is 12.1. The van der Waals surface area contributed by atoms with Crippen LogP contribution in [0.1, 0.15) is 38.2 Å². The second-order valence-electron chi connectivity index (χ2n) is 7.05. The lowest BCUT2D eigenvalue weighted by molar-refractivity contribution is -0.168. The van der Waals surface area contributed by atoms with E-state index in [4.69, 9.17) is 10.5 Å². The largest absolute Gasteiger partial charge is 0.370 e. The van der Waals surface area contributed by atoms with Crippen LogP contribution in [0.3, 0.4) is 0 Å². The number of nitrogens with one attached hydrogen (secondary N) is 1. The van der Waals surface area contributed by atoms with Crippen molar-refractivity contribution in [1.29, 1.82) is 0 Å². The monoisotopic (exact) mass is 412 g/mol. The van der Waals surface area contributed by atoms with Crippen LogP contribution in [-0.4, -0.2) is 30.4 Å². The molecule has 1 aliphatic rings. The van der Waals surface area contributed by atoms with E-state index in [0.29, 0.717) is 17.7 Å². The number of anilines is 1. The summed E-state index contributed by atoms with van der Waals surface area (Å²) in [6.07, 6.45) is -0.347. The number of hydrogen-bond donors (Lipinski definition) is 2. The maximum Gasteiger partial charge on any atom is 0.330 e. The first-order valence-electron chi connectivity index (χ1n) is 8.54. The molecule has 4 nitrogen and oxygen atoms in total. The lowest BCUT2D eigenvalue weighted by atomic mass is 9.74. The number of carbonyl (C=O) groups is 1. The van der Waals surface area contributed by atoms with Crippen molar-refractivity contribution in [2.75, 3.05) is 11.9 Å². The Morgan fingerprint density at radius 2 is 2.11 bits per heavy atom. The number of carbonyl (C=O) groups excluding carboxylic acids is 1. The van der Waals surface area contributed by atoms with Gasteiger partial charge in [-0.2, -0.15) is 8.78 Å². The molecule has 9 heteroatoms. The molecule has 3 N–H and O–H groups in total. The molecule has 27 heavy (non-hydrogen) atoms. The zero-order valence-electron chi connectivity index (χ0n) is 15.0. The van der Waals surface area contributed by atoms with E-state index in [1.807, 2.05) is 6.92 Å². The highest BCUT2D eigenvalue weighted by Crippen LogP contribution is 2.32. The Hall–Kier alpha value is -1.38. The topological polar surface area (TPSA) is 64.4 Å². The summed E-state index contributed by atoms with van der Waals surface area (Å²) in [4.78, 5) is 12.5. The molecule has 1 aromatic carbocycles. The van der Waals surface area contributed by atoms with Crippen molar-refractivity contribution < 1.29 is 27.1 Å². The lowest BCUT2D eigenvalue weighted by Gasteiger charge is -2.37. The van der Waals surface area contributed by atoms with Gasteiger partial charge in [0.2, 0.25) is 5.91 Å². The Balaban J connectivity index is 0.00000364. The van der Waals surface area contributed by atoms with E-state index in [-0.39, 0.29) is 30.8 Å². The zero-order chi connectivity index (χ0) is 19.4. The van der Waals surface area contributed by atoms with Crippen LogP contribution in [0.25, 0.3) is 0 Å². The van der Waals surface area contributed by atoms with Crippen LogP contribution in [0.15, 0.2) is 24.3 Å². The number of halogens is 5. The summed E-state index contributed by atoms with van der Waals surface area (Å²) in [6.45, 7) is 0.239. The summed E-state index contributed by atoms with van der Waals surface area (Å²) >= 11 is 0. The van der Waals surface area contributed by atoms with Gasteiger partial charge in [0.1, 0.15) is 6.61 Å². The van der Waals surface area contributed by atoms with Crippen LogP contribution >= 0.6 is 12.4 Å². The van der Waals surface area contributed by atoms with Gasteiger partial charge < -0.3 is 15.8 Å².